The number of rotatable bonds is 4. The van der Waals surface area contributed by atoms with Crippen molar-refractivity contribution >= 4 is 81.3 Å². The number of para-hydroxylation sites is 1. The second kappa shape index (κ2) is 10.9. The van der Waals surface area contributed by atoms with Crippen LogP contribution in [-0.2, 0) is 5.41 Å². The summed E-state index contributed by atoms with van der Waals surface area (Å²) in [4.78, 5) is 2.36. The fraction of sp³-hybridized carbons (Fsp3) is 0.0612. The number of thiophene rings is 1. The Hall–Kier alpha value is -6.16. The van der Waals surface area contributed by atoms with Crippen LogP contribution in [0.15, 0.2) is 168 Å². The van der Waals surface area contributed by atoms with Gasteiger partial charge in [0.05, 0.1) is 0 Å². The summed E-state index contributed by atoms with van der Waals surface area (Å²) in [5.74, 6) is 0. The number of furan rings is 1. The van der Waals surface area contributed by atoms with E-state index < -0.39 is 0 Å². The van der Waals surface area contributed by atoms with Crippen molar-refractivity contribution in [3.63, 3.8) is 0 Å². The van der Waals surface area contributed by atoms with E-state index in [4.69, 9.17) is 4.42 Å². The summed E-state index contributed by atoms with van der Waals surface area (Å²) in [5, 5.41) is 7.21. The fourth-order valence-electron chi connectivity index (χ4n) is 8.70. The topological polar surface area (TPSA) is 16.4 Å². The highest BCUT2D eigenvalue weighted by molar-refractivity contribution is 7.26. The molecule has 2 nitrogen and oxygen atoms in total. The largest absolute Gasteiger partial charge is 0.455 e. The standard InChI is InChI=1S/C49H33NOS/c1-49(2)41-15-9-8-14-37(41)38-23-18-32(28-42(38)49)30-16-20-34(21-17-30)50(33-11-4-3-5-12-33)35-22-26-44-40(29-35)47-45(52-44)27-24-39-46-36-13-7-6-10-31(36)19-25-43(46)51-48(39)47/h3-29H,1-2H3. The van der Waals surface area contributed by atoms with Crippen molar-refractivity contribution in [1.29, 1.82) is 0 Å². The normalized spacial score (nSPS) is 13.3. The molecule has 0 atom stereocenters. The first kappa shape index (κ1) is 29.6. The predicted molar refractivity (Wildman–Crippen MR) is 222 cm³/mol. The first-order valence-corrected chi connectivity index (χ1v) is 18.7. The molecular weight excluding hydrogens is 651 g/mol. The van der Waals surface area contributed by atoms with Crippen molar-refractivity contribution in [3.05, 3.63) is 175 Å². The summed E-state index contributed by atoms with van der Waals surface area (Å²) in [5.41, 5.74) is 13.2. The van der Waals surface area contributed by atoms with Gasteiger partial charge in [-0.1, -0.05) is 111 Å². The summed E-state index contributed by atoms with van der Waals surface area (Å²) in [6.07, 6.45) is 0. The second-order valence-electron chi connectivity index (χ2n) is 14.5. The molecule has 11 rings (SSSR count). The quantitative estimate of drug-likeness (QED) is 0.184. The number of fused-ring (bicyclic) bond motifs is 12. The minimum atomic E-state index is -0.0296. The first-order chi connectivity index (χ1) is 25.5. The van der Waals surface area contributed by atoms with Crippen LogP contribution < -0.4 is 4.90 Å². The lowest BCUT2D eigenvalue weighted by atomic mass is 9.81. The summed E-state index contributed by atoms with van der Waals surface area (Å²) < 4.78 is 9.20. The van der Waals surface area contributed by atoms with Gasteiger partial charge < -0.3 is 9.32 Å². The molecule has 0 bridgehead atoms. The Kier molecular flexibility index (Phi) is 6.21. The van der Waals surface area contributed by atoms with E-state index in [9.17, 15) is 0 Å². The Morgan fingerprint density at radius 1 is 0.481 bits per heavy atom. The number of hydrogen-bond acceptors (Lipinski definition) is 3. The van der Waals surface area contributed by atoms with Gasteiger partial charge >= 0.3 is 0 Å². The van der Waals surface area contributed by atoms with Crippen molar-refractivity contribution in [2.45, 2.75) is 19.3 Å². The van der Waals surface area contributed by atoms with Crippen LogP contribution in [0.1, 0.15) is 25.0 Å². The van der Waals surface area contributed by atoms with Gasteiger partial charge in [0, 0.05) is 53.4 Å². The van der Waals surface area contributed by atoms with Gasteiger partial charge in [-0.05, 0) is 111 Å². The van der Waals surface area contributed by atoms with Crippen LogP contribution in [0.2, 0.25) is 0 Å². The Morgan fingerprint density at radius 2 is 1.19 bits per heavy atom. The van der Waals surface area contributed by atoms with E-state index in [1.165, 1.54) is 75.1 Å². The van der Waals surface area contributed by atoms with Crippen molar-refractivity contribution in [1.82, 2.24) is 0 Å². The lowest BCUT2D eigenvalue weighted by Crippen LogP contribution is -2.14. The van der Waals surface area contributed by atoms with Crippen molar-refractivity contribution in [2.75, 3.05) is 4.90 Å². The molecule has 2 aromatic heterocycles. The molecule has 0 amide bonds. The third-order valence-electron chi connectivity index (χ3n) is 11.3. The zero-order valence-electron chi connectivity index (χ0n) is 28.9. The van der Waals surface area contributed by atoms with E-state index in [0.29, 0.717) is 0 Å². The Labute approximate surface area is 305 Å². The number of anilines is 3. The highest BCUT2D eigenvalue weighted by Crippen LogP contribution is 2.50. The van der Waals surface area contributed by atoms with Gasteiger partial charge in [-0.15, -0.1) is 11.3 Å². The third-order valence-corrected chi connectivity index (χ3v) is 12.4. The van der Waals surface area contributed by atoms with E-state index in [-0.39, 0.29) is 5.41 Å². The van der Waals surface area contributed by atoms with Crippen LogP contribution in [0, 0.1) is 0 Å². The Morgan fingerprint density at radius 3 is 2.08 bits per heavy atom. The van der Waals surface area contributed by atoms with Gasteiger partial charge in [-0.2, -0.15) is 0 Å². The summed E-state index contributed by atoms with van der Waals surface area (Å²) in [6.45, 7) is 4.69. The van der Waals surface area contributed by atoms with E-state index >= 15 is 0 Å². The molecule has 0 unspecified atom stereocenters. The summed E-state index contributed by atoms with van der Waals surface area (Å²) in [6, 6.07) is 59.8. The van der Waals surface area contributed by atoms with Crippen LogP contribution in [0.4, 0.5) is 17.1 Å². The maximum absolute atomic E-state index is 6.72. The molecule has 8 aromatic carbocycles. The number of benzene rings is 8. The smallest absolute Gasteiger partial charge is 0.144 e. The first-order valence-electron chi connectivity index (χ1n) is 17.9. The zero-order chi connectivity index (χ0) is 34.6. The molecule has 0 fully saturated rings. The Bertz CT molecular complexity index is 3040. The predicted octanol–water partition coefficient (Wildman–Crippen LogP) is 14.6. The minimum absolute atomic E-state index is 0.0296. The van der Waals surface area contributed by atoms with Crippen LogP contribution in [-0.4, -0.2) is 0 Å². The van der Waals surface area contributed by atoms with E-state index in [1.54, 1.807) is 0 Å². The van der Waals surface area contributed by atoms with Crippen LogP contribution in [0.25, 0.3) is 75.1 Å². The van der Waals surface area contributed by atoms with E-state index in [1.807, 2.05) is 11.3 Å². The van der Waals surface area contributed by atoms with Crippen LogP contribution in [0.5, 0.6) is 0 Å². The van der Waals surface area contributed by atoms with Crippen LogP contribution in [0.3, 0.4) is 0 Å². The maximum atomic E-state index is 6.72. The molecule has 0 saturated heterocycles. The van der Waals surface area contributed by atoms with Crippen molar-refractivity contribution in [2.24, 2.45) is 0 Å². The molecule has 0 aliphatic heterocycles. The van der Waals surface area contributed by atoms with Gasteiger partial charge in [0.1, 0.15) is 11.2 Å². The summed E-state index contributed by atoms with van der Waals surface area (Å²) in [7, 11) is 0. The molecule has 0 spiro atoms. The molecule has 246 valence electrons. The third kappa shape index (κ3) is 4.23. The second-order valence-corrected chi connectivity index (χ2v) is 15.6. The van der Waals surface area contributed by atoms with Crippen LogP contribution >= 0.6 is 11.3 Å². The highest BCUT2D eigenvalue weighted by Gasteiger charge is 2.35. The molecular formula is C49H33NOS. The zero-order valence-corrected chi connectivity index (χ0v) is 29.7. The molecule has 3 heteroatoms. The minimum Gasteiger partial charge on any atom is -0.455 e. The average Bonchev–Trinajstić information content (AvgIpc) is 3.83. The molecule has 1 aliphatic rings. The van der Waals surface area contributed by atoms with Gasteiger partial charge in [0.25, 0.3) is 0 Å². The van der Waals surface area contributed by atoms with Crippen molar-refractivity contribution < 1.29 is 4.42 Å². The number of hydrogen-bond donors (Lipinski definition) is 0. The SMILES string of the molecule is CC1(C)c2ccccc2-c2ccc(-c3ccc(N(c4ccccc4)c4ccc5sc6ccc7c(oc8ccc9ccccc9c87)c6c5c4)cc3)cc21. The molecule has 2 heterocycles. The average molecular weight is 684 g/mol. The van der Waals surface area contributed by atoms with Crippen molar-refractivity contribution in [3.8, 4) is 22.3 Å². The van der Waals surface area contributed by atoms with Gasteiger partial charge in [0.15, 0.2) is 0 Å². The lowest BCUT2D eigenvalue weighted by molar-refractivity contribution is 0.660. The summed E-state index contributed by atoms with van der Waals surface area (Å²) >= 11 is 1.83. The van der Waals surface area contributed by atoms with E-state index in [0.717, 1.165) is 28.2 Å². The lowest BCUT2D eigenvalue weighted by Gasteiger charge is -2.26. The monoisotopic (exact) mass is 683 g/mol. The van der Waals surface area contributed by atoms with Gasteiger partial charge in [0.2, 0.25) is 0 Å². The molecule has 10 aromatic rings. The van der Waals surface area contributed by atoms with Gasteiger partial charge in [-0.3, -0.25) is 0 Å². The fourth-order valence-corrected chi connectivity index (χ4v) is 9.79. The number of nitrogens with zero attached hydrogens (tertiary/aromatic N) is 1. The molecule has 52 heavy (non-hydrogen) atoms. The Balaban J connectivity index is 1.04. The van der Waals surface area contributed by atoms with Gasteiger partial charge in [-0.25, -0.2) is 0 Å². The van der Waals surface area contributed by atoms with E-state index in [2.05, 4.69) is 183 Å². The molecule has 0 radical (unpaired) electrons. The highest BCUT2D eigenvalue weighted by atomic mass is 32.1. The maximum Gasteiger partial charge on any atom is 0.144 e. The molecule has 0 saturated carbocycles. The molecule has 0 N–H and O–H groups in total. The molecule has 1 aliphatic carbocycles.